The van der Waals surface area contributed by atoms with Gasteiger partial charge in [0.1, 0.15) is 0 Å². The Morgan fingerprint density at radius 2 is 2.13 bits per heavy atom. The first-order valence-corrected chi connectivity index (χ1v) is 6.14. The summed E-state index contributed by atoms with van der Waals surface area (Å²) < 4.78 is 0. The number of rotatable bonds is 8. The third kappa shape index (κ3) is 4.80. The number of nitrogens with zero attached hydrogens (tertiary/aromatic N) is 1. The Hall–Kier alpha value is -0.340. The van der Waals surface area contributed by atoms with Crippen molar-refractivity contribution in [1.29, 1.82) is 0 Å². The second-order valence-electron chi connectivity index (χ2n) is 5.39. The van der Waals surface area contributed by atoms with Crippen LogP contribution in [-0.2, 0) is 0 Å². The van der Waals surface area contributed by atoms with Gasteiger partial charge in [0.25, 0.3) is 0 Å². The molecule has 2 heteroatoms. The smallest absolute Gasteiger partial charge is 0.0163 e. The van der Waals surface area contributed by atoms with Crippen LogP contribution in [0.15, 0.2) is 12.7 Å². The lowest BCUT2D eigenvalue weighted by atomic mass is 9.92. The second kappa shape index (κ2) is 5.66. The third-order valence-electron chi connectivity index (χ3n) is 2.91. The van der Waals surface area contributed by atoms with Crippen LogP contribution >= 0.6 is 0 Å². The molecule has 0 unspecified atom stereocenters. The molecule has 0 heterocycles. The fourth-order valence-electron chi connectivity index (χ4n) is 2.02. The van der Waals surface area contributed by atoms with Crippen molar-refractivity contribution in [3.63, 3.8) is 0 Å². The van der Waals surface area contributed by atoms with Gasteiger partial charge in [-0.15, -0.1) is 6.58 Å². The van der Waals surface area contributed by atoms with Crippen LogP contribution in [0.25, 0.3) is 0 Å². The van der Waals surface area contributed by atoms with E-state index in [9.17, 15) is 0 Å². The highest BCUT2D eigenvalue weighted by atomic mass is 15.2. The number of nitrogens with one attached hydrogen (secondary N) is 1. The Kier molecular flexibility index (Phi) is 4.81. The van der Waals surface area contributed by atoms with Crippen LogP contribution in [0.5, 0.6) is 0 Å². The Balaban J connectivity index is 2.36. The van der Waals surface area contributed by atoms with Crippen molar-refractivity contribution in [2.45, 2.75) is 39.7 Å². The number of hydrogen-bond acceptors (Lipinski definition) is 2. The highest BCUT2D eigenvalue weighted by Crippen LogP contribution is 2.29. The van der Waals surface area contributed by atoms with Gasteiger partial charge < -0.3 is 5.32 Å². The summed E-state index contributed by atoms with van der Waals surface area (Å²) in [5.74, 6) is 0. The molecule has 0 aromatic heterocycles. The molecule has 88 valence electrons. The Morgan fingerprint density at radius 3 is 2.60 bits per heavy atom. The van der Waals surface area contributed by atoms with E-state index in [1.165, 1.54) is 19.4 Å². The van der Waals surface area contributed by atoms with E-state index < -0.39 is 0 Å². The molecule has 1 aliphatic carbocycles. The van der Waals surface area contributed by atoms with Gasteiger partial charge in [0.15, 0.2) is 0 Å². The molecule has 0 atom stereocenters. The zero-order valence-electron chi connectivity index (χ0n) is 10.6. The standard InChI is InChI=1S/C13H26N2/c1-5-9-15(12-7-8-12)11-13(3,4)10-14-6-2/h5,12,14H,1,6-11H2,2-4H3. The molecule has 0 aromatic rings. The topological polar surface area (TPSA) is 15.3 Å². The zero-order chi connectivity index (χ0) is 11.3. The predicted molar refractivity (Wildman–Crippen MR) is 67.1 cm³/mol. The van der Waals surface area contributed by atoms with E-state index in [1.807, 2.05) is 6.08 Å². The van der Waals surface area contributed by atoms with Crippen molar-refractivity contribution in [1.82, 2.24) is 10.2 Å². The Labute approximate surface area is 94.7 Å². The molecule has 0 bridgehead atoms. The molecule has 15 heavy (non-hydrogen) atoms. The molecular weight excluding hydrogens is 184 g/mol. The van der Waals surface area contributed by atoms with Gasteiger partial charge in [-0.3, -0.25) is 4.90 Å². The third-order valence-corrected chi connectivity index (χ3v) is 2.91. The average Bonchev–Trinajstić information content (AvgIpc) is 2.97. The molecule has 1 aliphatic rings. The van der Waals surface area contributed by atoms with E-state index in [0.29, 0.717) is 5.41 Å². The summed E-state index contributed by atoms with van der Waals surface area (Å²) in [5, 5.41) is 3.44. The number of hydrogen-bond donors (Lipinski definition) is 1. The maximum Gasteiger partial charge on any atom is 0.0163 e. The second-order valence-corrected chi connectivity index (χ2v) is 5.39. The van der Waals surface area contributed by atoms with Crippen LogP contribution in [0.1, 0.15) is 33.6 Å². The summed E-state index contributed by atoms with van der Waals surface area (Å²) in [6.45, 7) is 15.1. The summed E-state index contributed by atoms with van der Waals surface area (Å²) >= 11 is 0. The van der Waals surface area contributed by atoms with E-state index in [1.54, 1.807) is 0 Å². The molecule has 0 saturated heterocycles. The van der Waals surface area contributed by atoms with Crippen LogP contribution in [-0.4, -0.2) is 37.1 Å². The van der Waals surface area contributed by atoms with Crippen LogP contribution < -0.4 is 5.32 Å². The lowest BCUT2D eigenvalue weighted by Crippen LogP contribution is -2.41. The molecule has 0 radical (unpaired) electrons. The van der Waals surface area contributed by atoms with Gasteiger partial charge in [-0.25, -0.2) is 0 Å². The molecule has 0 spiro atoms. The lowest BCUT2D eigenvalue weighted by molar-refractivity contribution is 0.182. The van der Waals surface area contributed by atoms with Crippen molar-refractivity contribution in [2.24, 2.45) is 5.41 Å². The molecule has 2 nitrogen and oxygen atoms in total. The quantitative estimate of drug-likeness (QED) is 0.618. The van der Waals surface area contributed by atoms with Crippen LogP contribution in [0, 0.1) is 5.41 Å². The monoisotopic (exact) mass is 210 g/mol. The van der Waals surface area contributed by atoms with Crippen molar-refractivity contribution >= 4 is 0 Å². The molecule has 1 fully saturated rings. The summed E-state index contributed by atoms with van der Waals surface area (Å²) in [5.41, 5.74) is 0.363. The summed E-state index contributed by atoms with van der Waals surface area (Å²) in [4.78, 5) is 2.57. The van der Waals surface area contributed by atoms with Gasteiger partial charge in [0.2, 0.25) is 0 Å². The van der Waals surface area contributed by atoms with E-state index in [-0.39, 0.29) is 0 Å². The van der Waals surface area contributed by atoms with E-state index in [0.717, 1.165) is 25.7 Å². The highest BCUT2D eigenvalue weighted by molar-refractivity contribution is 4.91. The van der Waals surface area contributed by atoms with Gasteiger partial charge in [-0.2, -0.15) is 0 Å². The summed E-state index contributed by atoms with van der Waals surface area (Å²) in [7, 11) is 0. The maximum absolute atomic E-state index is 3.85. The molecule has 1 saturated carbocycles. The average molecular weight is 210 g/mol. The summed E-state index contributed by atoms with van der Waals surface area (Å²) in [6, 6.07) is 0.837. The molecule has 1 rings (SSSR count). The van der Waals surface area contributed by atoms with E-state index >= 15 is 0 Å². The molecule has 0 aromatic carbocycles. The SMILES string of the molecule is C=CCN(CC(C)(C)CNCC)C1CC1. The van der Waals surface area contributed by atoms with Crippen LogP contribution in [0.4, 0.5) is 0 Å². The molecule has 0 amide bonds. The van der Waals surface area contributed by atoms with Crippen LogP contribution in [0.3, 0.4) is 0 Å². The van der Waals surface area contributed by atoms with Crippen LogP contribution in [0.2, 0.25) is 0 Å². The van der Waals surface area contributed by atoms with Gasteiger partial charge >= 0.3 is 0 Å². The Morgan fingerprint density at radius 1 is 1.47 bits per heavy atom. The zero-order valence-corrected chi connectivity index (χ0v) is 10.6. The van der Waals surface area contributed by atoms with E-state index in [4.69, 9.17) is 0 Å². The van der Waals surface area contributed by atoms with Crippen molar-refractivity contribution in [3.05, 3.63) is 12.7 Å². The Bertz CT molecular complexity index is 195. The van der Waals surface area contributed by atoms with E-state index in [2.05, 4.69) is 37.6 Å². The molecular formula is C13H26N2. The van der Waals surface area contributed by atoms with Gasteiger partial charge in [0.05, 0.1) is 0 Å². The normalized spacial score (nSPS) is 17.1. The first-order valence-electron chi connectivity index (χ1n) is 6.14. The predicted octanol–water partition coefficient (Wildman–Crippen LogP) is 2.27. The van der Waals surface area contributed by atoms with Gasteiger partial charge in [-0.05, 0) is 24.8 Å². The summed E-state index contributed by atoms with van der Waals surface area (Å²) in [6.07, 6.45) is 4.79. The minimum atomic E-state index is 0.363. The lowest BCUT2D eigenvalue weighted by Gasteiger charge is -2.32. The largest absolute Gasteiger partial charge is 0.316 e. The molecule has 0 aliphatic heterocycles. The first-order chi connectivity index (χ1) is 7.09. The first kappa shape index (κ1) is 12.7. The van der Waals surface area contributed by atoms with Gasteiger partial charge in [-0.1, -0.05) is 26.8 Å². The fourth-order valence-corrected chi connectivity index (χ4v) is 2.02. The highest BCUT2D eigenvalue weighted by Gasteiger charge is 2.31. The van der Waals surface area contributed by atoms with Crippen molar-refractivity contribution in [3.8, 4) is 0 Å². The minimum absolute atomic E-state index is 0.363. The van der Waals surface area contributed by atoms with Gasteiger partial charge in [0, 0.05) is 25.7 Å². The fraction of sp³-hybridized carbons (Fsp3) is 0.846. The maximum atomic E-state index is 3.85. The van der Waals surface area contributed by atoms with Crippen molar-refractivity contribution < 1.29 is 0 Å². The van der Waals surface area contributed by atoms with Crippen molar-refractivity contribution in [2.75, 3.05) is 26.2 Å². The minimum Gasteiger partial charge on any atom is -0.316 e. The molecule has 1 N–H and O–H groups in total.